The first-order valence-electron chi connectivity index (χ1n) is 6.96. The maximum absolute atomic E-state index is 12.9. The first-order chi connectivity index (χ1) is 9.97. The van der Waals surface area contributed by atoms with Crippen molar-refractivity contribution >= 4 is 30.1 Å². The van der Waals surface area contributed by atoms with Gasteiger partial charge < -0.3 is 22.6 Å². The predicted molar refractivity (Wildman–Crippen MR) is 80.5 cm³/mol. The second kappa shape index (κ2) is 7.66. The summed E-state index contributed by atoms with van der Waals surface area (Å²) in [5.41, 5.74) is -0.173. The van der Waals surface area contributed by atoms with Crippen molar-refractivity contribution < 1.29 is 73.9 Å². The third-order valence-electron chi connectivity index (χ3n) is 3.34. The number of hydrogen-bond donors (Lipinski definition) is 0. The third-order valence-corrected chi connectivity index (χ3v) is 3.66. The van der Waals surface area contributed by atoms with E-state index in [2.05, 4.69) is 0 Å². The van der Waals surface area contributed by atoms with E-state index in [1.807, 2.05) is 0 Å². The monoisotopic (exact) mass is 373 g/mol. The van der Waals surface area contributed by atoms with Crippen molar-refractivity contribution in [2.24, 2.45) is 0 Å². The van der Waals surface area contributed by atoms with Crippen LogP contribution in [0.3, 0.4) is 0 Å². The van der Waals surface area contributed by atoms with E-state index in [1.54, 1.807) is 20.8 Å². The average molecular weight is 374 g/mol. The van der Waals surface area contributed by atoms with E-state index in [4.69, 9.17) is 16.3 Å². The SMILES string of the molecule is CC(C)(C)OC(=O)N1CCc2cc([B-](F)(F)F)c(Cl)cc2C1.[K+]. The summed E-state index contributed by atoms with van der Waals surface area (Å²) in [5, 5.41) is -0.322. The fourth-order valence-corrected chi connectivity index (χ4v) is 2.64. The van der Waals surface area contributed by atoms with Gasteiger partial charge in [-0.15, -0.1) is 0 Å². The van der Waals surface area contributed by atoms with Crippen LogP contribution in [0, 0.1) is 0 Å². The minimum Gasteiger partial charge on any atom is -0.445 e. The number of fused-ring (bicyclic) bond motifs is 1. The molecule has 0 bridgehead atoms. The van der Waals surface area contributed by atoms with Crippen LogP contribution in [0.2, 0.25) is 5.02 Å². The van der Waals surface area contributed by atoms with Gasteiger partial charge in [-0.1, -0.05) is 23.1 Å². The second-order valence-corrected chi connectivity index (χ2v) is 6.78. The van der Waals surface area contributed by atoms with Gasteiger partial charge in [0.25, 0.3) is 0 Å². The largest absolute Gasteiger partial charge is 1.00 e. The zero-order chi connectivity index (χ0) is 16.7. The number of amides is 1. The van der Waals surface area contributed by atoms with Crippen LogP contribution in [0.15, 0.2) is 12.1 Å². The molecule has 1 amide bonds. The van der Waals surface area contributed by atoms with E-state index in [0.717, 1.165) is 6.07 Å². The van der Waals surface area contributed by atoms with E-state index >= 15 is 0 Å². The van der Waals surface area contributed by atoms with E-state index in [1.165, 1.54) is 11.0 Å². The summed E-state index contributed by atoms with van der Waals surface area (Å²) in [6.07, 6.45) is -0.122. The summed E-state index contributed by atoms with van der Waals surface area (Å²) < 4.78 is 44.0. The molecule has 0 aliphatic carbocycles. The van der Waals surface area contributed by atoms with Crippen molar-refractivity contribution in [3.8, 4) is 0 Å². The molecule has 3 nitrogen and oxygen atoms in total. The predicted octanol–water partition coefficient (Wildman–Crippen LogP) is 0.692. The maximum Gasteiger partial charge on any atom is 1.00 e. The van der Waals surface area contributed by atoms with Crippen molar-refractivity contribution in [1.29, 1.82) is 0 Å². The van der Waals surface area contributed by atoms with Crippen molar-refractivity contribution in [1.82, 2.24) is 4.90 Å². The molecule has 2 rings (SSSR count). The molecule has 0 spiro atoms. The first kappa shape index (κ1) is 21.3. The van der Waals surface area contributed by atoms with Gasteiger partial charge in [-0.3, -0.25) is 0 Å². The van der Waals surface area contributed by atoms with Gasteiger partial charge in [0.05, 0.1) is 0 Å². The molecule has 9 heteroatoms. The number of hydrogen-bond acceptors (Lipinski definition) is 2. The Kier molecular flexibility index (Phi) is 7.10. The van der Waals surface area contributed by atoms with E-state index in [9.17, 15) is 17.7 Å². The van der Waals surface area contributed by atoms with E-state index in [0.29, 0.717) is 24.1 Å². The van der Waals surface area contributed by atoms with E-state index in [-0.39, 0.29) is 63.0 Å². The van der Waals surface area contributed by atoms with Crippen molar-refractivity contribution in [3.63, 3.8) is 0 Å². The topological polar surface area (TPSA) is 29.5 Å². The molecule has 1 aromatic carbocycles. The Morgan fingerprint density at radius 1 is 1.26 bits per heavy atom. The summed E-state index contributed by atoms with van der Waals surface area (Å²) in [4.78, 5) is 13.5. The molecule has 1 aliphatic heterocycles. The van der Waals surface area contributed by atoms with Crippen LogP contribution >= 0.6 is 11.6 Å². The van der Waals surface area contributed by atoms with Crippen LogP contribution in [0.1, 0.15) is 31.9 Å². The molecule has 1 aromatic rings. The number of carbonyl (C=O) groups excluding carboxylic acids is 1. The molecule has 0 saturated heterocycles. The molecule has 1 heterocycles. The van der Waals surface area contributed by atoms with Crippen LogP contribution in [-0.2, 0) is 17.7 Å². The fourth-order valence-electron chi connectivity index (χ4n) is 2.33. The average Bonchev–Trinajstić information content (AvgIpc) is 2.33. The molecule has 1 aliphatic rings. The summed E-state index contributed by atoms with van der Waals surface area (Å²) in [6, 6.07) is 2.40. The number of ether oxygens (including phenoxy) is 1. The Morgan fingerprint density at radius 2 is 1.87 bits per heavy atom. The summed E-state index contributed by atoms with van der Waals surface area (Å²) >= 11 is 5.74. The molecule has 23 heavy (non-hydrogen) atoms. The molecule has 0 aromatic heterocycles. The molecule has 0 N–H and O–H groups in total. The van der Waals surface area contributed by atoms with Gasteiger partial charge in [0.15, 0.2) is 0 Å². The summed E-state index contributed by atoms with van der Waals surface area (Å²) in [5.74, 6) is 0. The summed E-state index contributed by atoms with van der Waals surface area (Å²) in [7, 11) is 0. The Morgan fingerprint density at radius 3 is 2.39 bits per heavy atom. The normalized spacial score (nSPS) is 14.8. The minimum atomic E-state index is -5.14. The Labute approximate surface area is 181 Å². The number of carbonyl (C=O) groups is 1. The van der Waals surface area contributed by atoms with E-state index < -0.39 is 24.1 Å². The zero-order valence-electron chi connectivity index (χ0n) is 13.6. The quantitative estimate of drug-likeness (QED) is 0.678. The standard InChI is InChI=1S/C14H17BClF3NO2.K/c1-14(2,3)22-13(21)20-5-4-9-6-11(15(17,18)19)12(16)7-10(9)8-20;/h6-7H,4-5,8H2,1-3H3;/q-1;+1. The number of halogens is 4. The Balaban J connectivity index is 0.00000264. The molecule has 0 radical (unpaired) electrons. The van der Waals surface area contributed by atoms with Crippen LogP contribution in [0.4, 0.5) is 17.7 Å². The smallest absolute Gasteiger partial charge is 0.445 e. The van der Waals surface area contributed by atoms with Crippen LogP contribution in [0.25, 0.3) is 0 Å². The van der Waals surface area contributed by atoms with Gasteiger partial charge in [0.1, 0.15) is 5.60 Å². The minimum absolute atomic E-state index is 0. The Hall–Kier alpha value is 0.271. The summed E-state index contributed by atoms with van der Waals surface area (Å²) in [6.45, 7) is 0.677. The molecule has 0 unspecified atom stereocenters. The third kappa shape index (κ3) is 5.64. The van der Waals surface area contributed by atoms with Crippen LogP contribution in [0.5, 0.6) is 0 Å². The zero-order valence-corrected chi connectivity index (χ0v) is 17.5. The molecule has 122 valence electrons. The van der Waals surface area contributed by atoms with Gasteiger partial charge >= 0.3 is 64.5 Å². The van der Waals surface area contributed by atoms with Gasteiger partial charge in [-0.25, -0.2) is 4.79 Å². The molecular formula is C14H17BClF3KNO2. The van der Waals surface area contributed by atoms with Crippen molar-refractivity contribution in [3.05, 3.63) is 28.3 Å². The second-order valence-electron chi connectivity index (χ2n) is 6.37. The van der Waals surface area contributed by atoms with Crippen molar-refractivity contribution in [2.45, 2.75) is 39.3 Å². The van der Waals surface area contributed by atoms with Crippen molar-refractivity contribution in [2.75, 3.05) is 6.54 Å². The molecule has 0 atom stereocenters. The molecule has 0 fully saturated rings. The molecule has 0 saturated carbocycles. The number of rotatable bonds is 1. The fraction of sp³-hybridized carbons (Fsp3) is 0.500. The first-order valence-corrected chi connectivity index (χ1v) is 7.34. The number of nitrogens with zero attached hydrogens (tertiary/aromatic N) is 1. The van der Waals surface area contributed by atoms with Gasteiger partial charge in [-0.2, -0.15) is 0 Å². The van der Waals surface area contributed by atoms with Gasteiger partial charge in [0, 0.05) is 18.1 Å². The number of benzene rings is 1. The molecular weight excluding hydrogens is 357 g/mol. The van der Waals surface area contributed by atoms with Gasteiger partial charge in [0.2, 0.25) is 0 Å². The van der Waals surface area contributed by atoms with Gasteiger partial charge in [-0.05, 0) is 44.4 Å². The maximum atomic E-state index is 12.9. The van der Waals surface area contributed by atoms with Crippen LogP contribution < -0.4 is 56.8 Å². The Bertz CT molecular complexity index is 605. The van der Waals surface area contributed by atoms with Crippen LogP contribution in [-0.4, -0.2) is 30.1 Å².